The molecule has 0 bridgehead atoms. The van der Waals surface area contributed by atoms with Crippen molar-refractivity contribution in [1.82, 2.24) is 9.55 Å². The van der Waals surface area contributed by atoms with Gasteiger partial charge >= 0.3 is 0 Å². The molecule has 1 N–H and O–H groups in total. The van der Waals surface area contributed by atoms with Crippen molar-refractivity contribution in [2.45, 2.75) is 70.4 Å². The molecule has 17 heavy (non-hydrogen) atoms. The number of imidazole rings is 1. The van der Waals surface area contributed by atoms with E-state index < -0.39 is 0 Å². The summed E-state index contributed by atoms with van der Waals surface area (Å²) in [5, 5.41) is 3.66. The molecule has 2 aliphatic carbocycles. The Labute approximate surface area is 104 Å². The standard InChI is InChI=1S/C14H23N3/c1-11-10-17(13-8-4-5-9-13)14(15-11)16-12-6-2-3-7-12/h10,12-13H,2-9H2,1H3,(H,15,16). The molecule has 3 heteroatoms. The van der Waals surface area contributed by atoms with Crippen LogP contribution >= 0.6 is 0 Å². The molecule has 2 fully saturated rings. The van der Waals surface area contributed by atoms with Crippen LogP contribution in [0, 0.1) is 6.92 Å². The van der Waals surface area contributed by atoms with Crippen LogP contribution in [0.3, 0.4) is 0 Å². The summed E-state index contributed by atoms with van der Waals surface area (Å²) in [4.78, 5) is 4.67. The maximum atomic E-state index is 4.67. The molecule has 0 spiro atoms. The van der Waals surface area contributed by atoms with E-state index in [9.17, 15) is 0 Å². The van der Waals surface area contributed by atoms with Gasteiger partial charge in [-0.2, -0.15) is 0 Å². The van der Waals surface area contributed by atoms with Crippen molar-refractivity contribution in [2.24, 2.45) is 0 Å². The van der Waals surface area contributed by atoms with Crippen molar-refractivity contribution in [3.8, 4) is 0 Å². The maximum Gasteiger partial charge on any atom is 0.203 e. The second-order valence-corrected chi connectivity index (χ2v) is 5.68. The third kappa shape index (κ3) is 2.33. The molecule has 94 valence electrons. The van der Waals surface area contributed by atoms with E-state index in [-0.39, 0.29) is 0 Å². The second kappa shape index (κ2) is 4.71. The van der Waals surface area contributed by atoms with Crippen molar-refractivity contribution in [3.05, 3.63) is 11.9 Å². The Bertz CT molecular complexity index is 371. The second-order valence-electron chi connectivity index (χ2n) is 5.68. The first-order chi connectivity index (χ1) is 8.33. The summed E-state index contributed by atoms with van der Waals surface area (Å²) in [6.07, 6.45) is 13.0. The molecule has 2 aliphatic rings. The van der Waals surface area contributed by atoms with Crippen LogP contribution in [0.1, 0.15) is 63.1 Å². The molecule has 0 atom stereocenters. The van der Waals surface area contributed by atoms with Crippen LogP contribution in [0.5, 0.6) is 0 Å². The molecule has 0 unspecified atom stereocenters. The van der Waals surface area contributed by atoms with Gasteiger partial charge in [0.25, 0.3) is 0 Å². The summed E-state index contributed by atoms with van der Waals surface area (Å²) in [5.74, 6) is 1.13. The van der Waals surface area contributed by atoms with Crippen LogP contribution in [-0.4, -0.2) is 15.6 Å². The Balaban J connectivity index is 1.77. The van der Waals surface area contributed by atoms with Crippen LogP contribution in [0.25, 0.3) is 0 Å². The SMILES string of the molecule is Cc1cn(C2CCCC2)c(NC2CCCC2)n1. The lowest BCUT2D eigenvalue weighted by Gasteiger charge is -2.18. The van der Waals surface area contributed by atoms with Gasteiger partial charge in [-0.25, -0.2) is 4.98 Å². The minimum atomic E-state index is 0.664. The Morgan fingerprint density at radius 2 is 1.76 bits per heavy atom. The lowest BCUT2D eigenvalue weighted by molar-refractivity contribution is 0.519. The van der Waals surface area contributed by atoms with Crippen molar-refractivity contribution < 1.29 is 0 Å². The highest BCUT2D eigenvalue weighted by molar-refractivity contribution is 5.31. The number of aryl methyl sites for hydroxylation is 1. The highest BCUT2D eigenvalue weighted by Crippen LogP contribution is 2.33. The summed E-state index contributed by atoms with van der Waals surface area (Å²) in [6.45, 7) is 2.10. The normalized spacial score (nSPS) is 22.4. The first-order valence-corrected chi connectivity index (χ1v) is 7.15. The lowest BCUT2D eigenvalue weighted by atomic mass is 10.2. The zero-order chi connectivity index (χ0) is 11.7. The van der Waals surface area contributed by atoms with E-state index in [2.05, 4.69) is 28.0 Å². The number of rotatable bonds is 3. The van der Waals surface area contributed by atoms with E-state index >= 15 is 0 Å². The molecule has 3 nitrogen and oxygen atoms in total. The van der Waals surface area contributed by atoms with Crippen molar-refractivity contribution in [3.63, 3.8) is 0 Å². The molecule has 0 aliphatic heterocycles. The summed E-state index contributed by atoms with van der Waals surface area (Å²) in [5.41, 5.74) is 1.15. The molecule has 1 aromatic rings. The van der Waals surface area contributed by atoms with Gasteiger partial charge in [-0.05, 0) is 32.6 Å². The molecule has 1 aromatic heterocycles. The van der Waals surface area contributed by atoms with Gasteiger partial charge in [-0.15, -0.1) is 0 Å². The summed E-state index contributed by atoms with van der Waals surface area (Å²) in [6, 6.07) is 1.36. The van der Waals surface area contributed by atoms with E-state index in [0.29, 0.717) is 12.1 Å². The van der Waals surface area contributed by atoms with Gasteiger partial charge in [-0.1, -0.05) is 25.7 Å². The van der Waals surface area contributed by atoms with Gasteiger partial charge < -0.3 is 9.88 Å². The fourth-order valence-corrected chi connectivity index (χ4v) is 3.34. The van der Waals surface area contributed by atoms with Crippen LogP contribution < -0.4 is 5.32 Å². The molecule has 1 heterocycles. The molecular formula is C14H23N3. The number of hydrogen-bond acceptors (Lipinski definition) is 2. The highest BCUT2D eigenvalue weighted by atomic mass is 15.2. The molecular weight excluding hydrogens is 210 g/mol. The minimum Gasteiger partial charge on any atom is -0.353 e. The van der Waals surface area contributed by atoms with Gasteiger partial charge in [-0.3, -0.25) is 0 Å². The van der Waals surface area contributed by atoms with Gasteiger partial charge in [0.1, 0.15) is 0 Å². The Morgan fingerprint density at radius 1 is 1.12 bits per heavy atom. The topological polar surface area (TPSA) is 29.9 Å². The number of nitrogens with zero attached hydrogens (tertiary/aromatic N) is 2. The number of anilines is 1. The van der Waals surface area contributed by atoms with Crippen LogP contribution in [0.4, 0.5) is 5.95 Å². The average molecular weight is 233 g/mol. The van der Waals surface area contributed by atoms with E-state index in [0.717, 1.165) is 11.6 Å². The quantitative estimate of drug-likeness (QED) is 0.863. The first kappa shape index (κ1) is 11.1. The minimum absolute atomic E-state index is 0.664. The monoisotopic (exact) mass is 233 g/mol. The van der Waals surface area contributed by atoms with Crippen molar-refractivity contribution in [2.75, 3.05) is 5.32 Å². The van der Waals surface area contributed by atoms with E-state index in [1.807, 2.05) is 0 Å². The molecule has 0 radical (unpaired) electrons. The van der Waals surface area contributed by atoms with E-state index in [1.165, 1.54) is 51.4 Å². The summed E-state index contributed by atoms with van der Waals surface area (Å²) >= 11 is 0. The Kier molecular flexibility index (Phi) is 3.08. The van der Waals surface area contributed by atoms with E-state index in [1.54, 1.807) is 0 Å². The molecule has 0 amide bonds. The van der Waals surface area contributed by atoms with Crippen molar-refractivity contribution >= 4 is 5.95 Å². The Morgan fingerprint density at radius 3 is 2.47 bits per heavy atom. The van der Waals surface area contributed by atoms with Crippen LogP contribution in [-0.2, 0) is 0 Å². The number of nitrogens with one attached hydrogen (secondary N) is 1. The predicted molar refractivity (Wildman–Crippen MR) is 70.3 cm³/mol. The average Bonchev–Trinajstić information content (AvgIpc) is 3.00. The molecule has 3 rings (SSSR count). The Hall–Kier alpha value is -0.990. The number of aromatic nitrogens is 2. The van der Waals surface area contributed by atoms with Crippen LogP contribution in [0.15, 0.2) is 6.20 Å². The zero-order valence-corrected chi connectivity index (χ0v) is 10.8. The third-order valence-corrected chi connectivity index (χ3v) is 4.26. The third-order valence-electron chi connectivity index (χ3n) is 4.26. The zero-order valence-electron chi connectivity index (χ0n) is 10.8. The fourth-order valence-electron chi connectivity index (χ4n) is 3.34. The maximum absolute atomic E-state index is 4.67. The molecule has 2 saturated carbocycles. The lowest BCUT2D eigenvalue weighted by Crippen LogP contribution is -2.19. The molecule has 0 saturated heterocycles. The van der Waals surface area contributed by atoms with Gasteiger partial charge in [0, 0.05) is 18.3 Å². The molecule has 0 aromatic carbocycles. The van der Waals surface area contributed by atoms with Crippen LogP contribution in [0.2, 0.25) is 0 Å². The first-order valence-electron chi connectivity index (χ1n) is 7.15. The van der Waals surface area contributed by atoms with E-state index in [4.69, 9.17) is 0 Å². The summed E-state index contributed by atoms with van der Waals surface area (Å²) < 4.78 is 2.40. The van der Waals surface area contributed by atoms with Crippen molar-refractivity contribution in [1.29, 1.82) is 0 Å². The number of hydrogen-bond donors (Lipinski definition) is 1. The highest BCUT2D eigenvalue weighted by Gasteiger charge is 2.22. The van der Waals surface area contributed by atoms with Gasteiger partial charge in [0.15, 0.2) is 0 Å². The largest absolute Gasteiger partial charge is 0.353 e. The fraction of sp³-hybridized carbons (Fsp3) is 0.786. The summed E-state index contributed by atoms with van der Waals surface area (Å²) in [7, 11) is 0. The van der Waals surface area contributed by atoms with Gasteiger partial charge in [0.2, 0.25) is 5.95 Å². The smallest absolute Gasteiger partial charge is 0.203 e. The predicted octanol–water partition coefficient (Wildman–Crippen LogP) is 3.66. The van der Waals surface area contributed by atoms with Gasteiger partial charge in [0.05, 0.1) is 5.69 Å².